The van der Waals surface area contributed by atoms with Crippen molar-refractivity contribution in [3.05, 3.63) is 0 Å². The van der Waals surface area contributed by atoms with Crippen molar-refractivity contribution in [3.8, 4) is 0 Å². The first-order valence-electron chi connectivity index (χ1n) is 8.41. The maximum atomic E-state index is 12.3. The molecule has 0 bridgehead atoms. The molecule has 2 amide bonds. The van der Waals surface area contributed by atoms with Gasteiger partial charge in [0.25, 0.3) is 0 Å². The van der Waals surface area contributed by atoms with Crippen LogP contribution in [-0.2, 0) is 0 Å². The lowest BCUT2D eigenvalue weighted by Crippen LogP contribution is -2.50. The maximum Gasteiger partial charge on any atom is 0.317 e. The average Bonchev–Trinajstić information content (AvgIpc) is 3.04. The van der Waals surface area contributed by atoms with Crippen LogP contribution in [0.25, 0.3) is 0 Å². The SMILES string of the molecule is CCN(CC(C)(C)O)C(=O)NC1CCN(C2CCCC2)C1. The first-order valence-corrected chi connectivity index (χ1v) is 8.41. The average molecular weight is 297 g/mol. The van der Waals surface area contributed by atoms with Crippen LogP contribution >= 0.6 is 0 Å². The number of urea groups is 1. The lowest BCUT2D eigenvalue weighted by molar-refractivity contribution is 0.0476. The third-order valence-electron chi connectivity index (χ3n) is 4.64. The molecule has 1 unspecified atom stereocenters. The third kappa shape index (κ3) is 4.85. The normalized spacial score (nSPS) is 24.5. The molecule has 2 N–H and O–H groups in total. The Morgan fingerprint density at radius 3 is 2.57 bits per heavy atom. The number of amides is 2. The fraction of sp³-hybridized carbons (Fsp3) is 0.938. The summed E-state index contributed by atoms with van der Waals surface area (Å²) in [6.07, 6.45) is 6.39. The minimum atomic E-state index is -0.848. The Labute approximate surface area is 128 Å². The number of nitrogens with one attached hydrogen (secondary N) is 1. The van der Waals surface area contributed by atoms with Gasteiger partial charge in [-0.05, 0) is 40.0 Å². The van der Waals surface area contributed by atoms with Crippen LogP contribution in [0.15, 0.2) is 0 Å². The van der Waals surface area contributed by atoms with Gasteiger partial charge in [-0.25, -0.2) is 4.79 Å². The fourth-order valence-electron chi connectivity index (χ4n) is 3.57. The molecule has 2 aliphatic rings. The first-order chi connectivity index (χ1) is 9.89. The Kier molecular flexibility index (Phi) is 5.49. The predicted molar refractivity (Wildman–Crippen MR) is 84.3 cm³/mol. The number of carbonyl (C=O) groups is 1. The van der Waals surface area contributed by atoms with Crippen molar-refractivity contribution in [2.75, 3.05) is 26.2 Å². The molecule has 1 saturated heterocycles. The van der Waals surface area contributed by atoms with Crippen LogP contribution in [-0.4, -0.2) is 64.8 Å². The second-order valence-electron chi connectivity index (χ2n) is 7.19. The molecule has 2 rings (SSSR count). The second kappa shape index (κ2) is 6.97. The largest absolute Gasteiger partial charge is 0.389 e. The van der Waals surface area contributed by atoms with Crippen LogP contribution in [0.3, 0.4) is 0 Å². The number of carbonyl (C=O) groups excluding carboxylic acids is 1. The molecule has 0 aromatic heterocycles. The van der Waals surface area contributed by atoms with Gasteiger partial charge in [0.2, 0.25) is 0 Å². The van der Waals surface area contributed by atoms with Gasteiger partial charge in [0.1, 0.15) is 0 Å². The van der Waals surface area contributed by atoms with Gasteiger partial charge in [-0.2, -0.15) is 0 Å². The van der Waals surface area contributed by atoms with Gasteiger partial charge >= 0.3 is 6.03 Å². The number of rotatable bonds is 5. The molecule has 2 fully saturated rings. The van der Waals surface area contributed by atoms with Crippen LogP contribution in [0.1, 0.15) is 52.9 Å². The highest BCUT2D eigenvalue weighted by molar-refractivity contribution is 5.74. The summed E-state index contributed by atoms with van der Waals surface area (Å²) in [4.78, 5) is 16.6. The summed E-state index contributed by atoms with van der Waals surface area (Å²) in [6, 6.07) is 0.956. The third-order valence-corrected chi connectivity index (χ3v) is 4.64. The van der Waals surface area contributed by atoms with E-state index >= 15 is 0 Å². The van der Waals surface area contributed by atoms with Gasteiger partial charge in [-0.3, -0.25) is 4.90 Å². The van der Waals surface area contributed by atoms with Crippen molar-refractivity contribution in [3.63, 3.8) is 0 Å². The molecule has 5 heteroatoms. The molecule has 0 aromatic carbocycles. The van der Waals surface area contributed by atoms with E-state index in [-0.39, 0.29) is 12.1 Å². The lowest BCUT2D eigenvalue weighted by atomic mass is 10.1. The quantitative estimate of drug-likeness (QED) is 0.813. The van der Waals surface area contributed by atoms with Gasteiger partial charge in [-0.15, -0.1) is 0 Å². The molecule has 0 spiro atoms. The summed E-state index contributed by atoms with van der Waals surface area (Å²) in [7, 11) is 0. The molecule has 122 valence electrons. The van der Waals surface area contributed by atoms with Crippen LogP contribution in [0.4, 0.5) is 4.79 Å². The van der Waals surface area contributed by atoms with Crippen LogP contribution in [0.5, 0.6) is 0 Å². The molecule has 0 radical (unpaired) electrons. The molecule has 21 heavy (non-hydrogen) atoms. The van der Waals surface area contributed by atoms with E-state index in [1.165, 1.54) is 25.7 Å². The van der Waals surface area contributed by atoms with Crippen molar-refractivity contribution in [1.29, 1.82) is 0 Å². The molecule has 1 saturated carbocycles. The summed E-state index contributed by atoms with van der Waals surface area (Å²) in [6.45, 7) is 8.50. The van der Waals surface area contributed by atoms with E-state index in [1.807, 2.05) is 6.92 Å². The van der Waals surface area contributed by atoms with Crippen LogP contribution < -0.4 is 5.32 Å². The Morgan fingerprint density at radius 2 is 2.00 bits per heavy atom. The Balaban J connectivity index is 1.79. The topological polar surface area (TPSA) is 55.8 Å². The highest BCUT2D eigenvalue weighted by Gasteiger charge is 2.31. The zero-order chi connectivity index (χ0) is 15.5. The van der Waals surface area contributed by atoms with Gasteiger partial charge in [0.15, 0.2) is 0 Å². The van der Waals surface area contributed by atoms with Gasteiger partial charge in [0, 0.05) is 31.7 Å². The van der Waals surface area contributed by atoms with Crippen LogP contribution in [0.2, 0.25) is 0 Å². The van der Waals surface area contributed by atoms with E-state index in [2.05, 4.69) is 10.2 Å². The molecule has 1 aliphatic heterocycles. The van der Waals surface area contributed by atoms with Gasteiger partial charge in [0.05, 0.1) is 12.1 Å². The smallest absolute Gasteiger partial charge is 0.317 e. The second-order valence-corrected chi connectivity index (χ2v) is 7.19. The van der Waals surface area contributed by atoms with Gasteiger partial charge < -0.3 is 15.3 Å². The Hall–Kier alpha value is -0.810. The van der Waals surface area contributed by atoms with Crippen molar-refractivity contribution in [2.24, 2.45) is 0 Å². The molecule has 5 nitrogen and oxygen atoms in total. The number of hydrogen-bond acceptors (Lipinski definition) is 3. The fourth-order valence-corrected chi connectivity index (χ4v) is 3.57. The van der Waals surface area contributed by atoms with Crippen molar-refractivity contribution in [1.82, 2.24) is 15.1 Å². The Morgan fingerprint density at radius 1 is 1.33 bits per heavy atom. The minimum Gasteiger partial charge on any atom is -0.389 e. The summed E-state index contributed by atoms with van der Waals surface area (Å²) in [5.41, 5.74) is -0.848. The summed E-state index contributed by atoms with van der Waals surface area (Å²) >= 11 is 0. The van der Waals surface area contributed by atoms with Crippen molar-refractivity contribution in [2.45, 2.75) is 70.6 Å². The van der Waals surface area contributed by atoms with Crippen LogP contribution in [0, 0.1) is 0 Å². The number of nitrogens with zero attached hydrogens (tertiary/aromatic N) is 2. The minimum absolute atomic E-state index is 0.0436. The standard InChI is InChI=1S/C16H31N3O2/c1-4-18(12-16(2,3)21)15(20)17-13-9-10-19(11-13)14-7-5-6-8-14/h13-14,21H,4-12H2,1-3H3,(H,17,20). The lowest BCUT2D eigenvalue weighted by Gasteiger charge is -2.29. The molecule has 1 heterocycles. The van der Waals surface area contributed by atoms with E-state index in [0.717, 1.165) is 25.6 Å². The highest BCUT2D eigenvalue weighted by Crippen LogP contribution is 2.26. The van der Waals surface area contributed by atoms with Gasteiger partial charge in [-0.1, -0.05) is 12.8 Å². The molecule has 1 atom stereocenters. The zero-order valence-electron chi connectivity index (χ0n) is 13.8. The molecule has 1 aliphatic carbocycles. The summed E-state index contributed by atoms with van der Waals surface area (Å²) in [5, 5.41) is 13.0. The molecular formula is C16H31N3O2. The maximum absolute atomic E-state index is 12.3. The summed E-state index contributed by atoms with van der Waals surface area (Å²) in [5.74, 6) is 0. The highest BCUT2D eigenvalue weighted by atomic mass is 16.3. The summed E-state index contributed by atoms with van der Waals surface area (Å²) < 4.78 is 0. The molecule has 0 aromatic rings. The van der Waals surface area contributed by atoms with E-state index in [0.29, 0.717) is 13.1 Å². The predicted octanol–water partition coefficient (Wildman–Crippen LogP) is 1.81. The number of hydrogen-bond donors (Lipinski definition) is 2. The molecular weight excluding hydrogens is 266 g/mol. The van der Waals surface area contributed by atoms with Crippen molar-refractivity contribution < 1.29 is 9.90 Å². The first kappa shape index (κ1) is 16.6. The van der Waals surface area contributed by atoms with E-state index in [1.54, 1.807) is 18.7 Å². The number of likely N-dealkylation sites (tertiary alicyclic amines) is 1. The zero-order valence-corrected chi connectivity index (χ0v) is 13.8. The Bertz CT molecular complexity index is 348. The van der Waals surface area contributed by atoms with E-state index in [9.17, 15) is 9.90 Å². The van der Waals surface area contributed by atoms with Crippen molar-refractivity contribution >= 4 is 6.03 Å². The number of likely N-dealkylation sites (N-methyl/N-ethyl adjacent to an activating group) is 1. The van der Waals surface area contributed by atoms with E-state index in [4.69, 9.17) is 0 Å². The monoisotopic (exact) mass is 297 g/mol. The number of aliphatic hydroxyl groups is 1. The van der Waals surface area contributed by atoms with E-state index < -0.39 is 5.60 Å².